The molecule has 0 atom stereocenters. The van der Waals surface area contributed by atoms with E-state index in [-0.39, 0.29) is 0 Å². The second kappa shape index (κ2) is 5.04. The fourth-order valence-electron chi connectivity index (χ4n) is 2.20. The number of carboxylic acid groups (broad SMARTS) is 1. The molecule has 1 N–H and O–H groups in total. The van der Waals surface area contributed by atoms with Crippen LogP contribution in [0.15, 0.2) is 10.5 Å². The highest BCUT2D eigenvalue weighted by molar-refractivity contribution is 9.10. The molecule has 0 bridgehead atoms. The lowest BCUT2D eigenvalue weighted by Gasteiger charge is -2.21. The van der Waals surface area contributed by atoms with E-state index >= 15 is 0 Å². The number of ether oxygens (including phenoxy) is 2. The Balaban J connectivity index is 2.45. The first-order valence-electron chi connectivity index (χ1n) is 6.11. The van der Waals surface area contributed by atoms with Crippen molar-refractivity contribution in [3.63, 3.8) is 0 Å². The monoisotopic (exact) mass is 328 g/mol. The Morgan fingerprint density at radius 3 is 2.84 bits per heavy atom. The maximum absolute atomic E-state index is 11.3. The van der Waals surface area contributed by atoms with Crippen LogP contribution in [0.2, 0.25) is 0 Å². The minimum atomic E-state index is -0.818. The van der Waals surface area contributed by atoms with Gasteiger partial charge >= 0.3 is 5.97 Å². The van der Waals surface area contributed by atoms with Gasteiger partial charge in [0.2, 0.25) is 0 Å². The molecule has 0 saturated carbocycles. The van der Waals surface area contributed by atoms with Crippen LogP contribution in [0.4, 0.5) is 0 Å². The Morgan fingerprint density at radius 1 is 1.58 bits per heavy atom. The van der Waals surface area contributed by atoms with Crippen molar-refractivity contribution >= 4 is 21.9 Å². The number of halogens is 1. The number of rotatable bonds is 4. The highest BCUT2D eigenvalue weighted by Crippen LogP contribution is 2.43. The summed E-state index contributed by atoms with van der Waals surface area (Å²) < 4.78 is 11.8. The molecule has 104 valence electrons. The molecule has 2 rings (SSSR count). The number of hydrogen-bond acceptors (Lipinski definition) is 3. The summed E-state index contributed by atoms with van der Waals surface area (Å²) >= 11 is 3.57. The van der Waals surface area contributed by atoms with Crippen LogP contribution in [-0.4, -0.2) is 24.8 Å². The average Bonchev–Trinajstić information content (AvgIpc) is 2.81. The van der Waals surface area contributed by atoms with Crippen LogP contribution in [0.3, 0.4) is 0 Å². The lowest BCUT2D eigenvalue weighted by Crippen LogP contribution is -2.26. The van der Waals surface area contributed by atoms with Crippen LogP contribution in [0.1, 0.15) is 25.0 Å². The molecule has 19 heavy (non-hydrogen) atoms. The lowest BCUT2D eigenvalue weighted by molar-refractivity contribution is -0.146. The van der Waals surface area contributed by atoms with Gasteiger partial charge in [0, 0.05) is 16.5 Å². The quantitative estimate of drug-likeness (QED) is 0.922. The fraction of sp³-hybridized carbons (Fsp3) is 0.500. The second-order valence-corrected chi connectivity index (χ2v) is 6.12. The zero-order chi connectivity index (χ0) is 14.2. The van der Waals surface area contributed by atoms with E-state index in [9.17, 15) is 9.90 Å². The fourth-order valence-corrected chi connectivity index (χ4v) is 2.83. The van der Waals surface area contributed by atoms with Crippen molar-refractivity contribution in [2.75, 3.05) is 13.7 Å². The van der Waals surface area contributed by atoms with E-state index in [1.165, 1.54) is 0 Å². The third-order valence-electron chi connectivity index (χ3n) is 3.38. The zero-order valence-electron chi connectivity index (χ0n) is 11.2. The number of methoxy groups -OCH3 is 1. The van der Waals surface area contributed by atoms with Crippen LogP contribution in [-0.2, 0) is 17.6 Å². The summed E-state index contributed by atoms with van der Waals surface area (Å²) in [4.78, 5) is 11.3. The van der Waals surface area contributed by atoms with Crippen molar-refractivity contribution in [3.8, 4) is 11.5 Å². The van der Waals surface area contributed by atoms with Gasteiger partial charge in [0.1, 0.15) is 0 Å². The highest BCUT2D eigenvalue weighted by atomic mass is 79.9. The highest BCUT2D eigenvalue weighted by Gasteiger charge is 2.31. The van der Waals surface area contributed by atoms with Gasteiger partial charge in [0.05, 0.1) is 19.1 Å². The molecule has 1 aliphatic rings. The molecular weight excluding hydrogens is 312 g/mol. The second-order valence-electron chi connectivity index (χ2n) is 5.32. The van der Waals surface area contributed by atoms with Crippen molar-refractivity contribution < 1.29 is 19.4 Å². The summed E-state index contributed by atoms with van der Waals surface area (Å²) in [5.74, 6) is 0.633. The third-order valence-corrected chi connectivity index (χ3v) is 4.37. The maximum Gasteiger partial charge on any atom is 0.309 e. The number of benzene rings is 1. The van der Waals surface area contributed by atoms with Gasteiger partial charge in [-0.25, -0.2) is 0 Å². The summed E-state index contributed by atoms with van der Waals surface area (Å²) in [5, 5.41) is 9.24. The van der Waals surface area contributed by atoms with Crippen molar-refractivity contribution in [3.05, 3.63) is 21.7 Å². The Hall–Kier alpha value is -1.23. The van der Waals surface area contributed by atoms with E-state index < -0.39 is 11.4 Å². The minimum Gasteiger partial charge on any atom is -0.493 e. The van der Waals surface area contributed by atoms with Crippen LogP contribution < -0.4 is 9.47 Å². The molecule has 0 spiro atoms. The molecule has 5 heteroatoms. The van der Waals surface area contributed by atoms with Gasteiger partial charge in [0.25, 0.3) is 0 Å². The Labute approximate surface area is 120 Å². The predicted molar refractivity (Wildman–Crippen MR) is 75.0 cm³/mol. The molecule has 1 aromatic rings. The Morgan fingerprint density at radius 2 is 2.26 bits per heavy atom. The van der Waals surface area contributed by atoms with Gasteiger partial charge in [-0.3, -0.25) is 4.79 Å². The van der Waals surface area contributed by atoms with Gasteiger partial charge < -0.3 is 14.6 Å². The zero-order valence-corrected chi connectivity index (χ0v) is 12.8. The normalized spacial score (nSPS) is 13.9. The largest absolute Gasteiger partial charge is 0.493 e. The van der Waals surface area contributed by atoms with Gasteiger partial charge in [-0.05, 0) is 31.9 Å². The van der Waals surface area contributed by atoms with Crippen molar-refractivity contribution in [1.82, 2.24) is 0 Å². The van der Waals surface area contributed by atoms with E-state index in [1.807, 2.05) is 6.07 Å². The number of carbonyl (C=O) groups is 1. The van der Waals surface area contributed by atoms with Crippen molar-refractivity contribution in [2.45, 2.75) is 26.7 Å². The van der Waals surface area contributed by atoms with Crippen molar-refractivity contribution in [2.24, 2.45) is 5.41 Å². The van der Waals surface area contributed by atoms with Crippen molar-refractivity contribution in [1.29, 1.82) is 0 Å². The van der Waals surface area contributed by atoms with Gasteiger partial charge in [-0.2, -0.15) is 0 Å². The topological polar surface area (TPSA) is 55.8 Å². The number of carboxylic acids is 1. The smallest absolute Gasteiger partial charge is 0.309 e. The number of aliphatic carboxylic acids is 1. The van der Waals surface area contributed by atoms with E-state index in [2.05, 4.69) is 15.9 Å². The molecule has 0 aliphatic carbocycles. The van der Waals surface area contributed by atoms with Gasteiger partial charge in [-0.1, -0.05) is 15.9 Å². The van der Waals surface area contributed by atoms with Crippen LogP contribution in [0.5, 0.6) is 11.5 Å². The molecule has 1 heterocycles. The standard InChI is InChI=1S/C14H17BrO4/c1-14(2,13(16)17)7-8-6-10(18-3)12-9(11(8)15)4-5-19-12/h6H,4-5,7H2,1-3H3,(H,16,17). The first kappa shape index (κ1) is 14.2. The summed E-state index contributed by atoms with van der Waals surface area (Å²) in [6, 6.07) is 1.86. The summed E-state index contributed by atoms with van der Waals surface area (Å²) in [6.07, 6.45) is 1.25. The summed E-state index contributed by atoms with van der Waals surface area (Å²) in [5.41, 5.74) is 1.19. The number of fused-ring (bicyclic) bond motifs is 1. The molecule has 0 saturated heterocycles. The summed E-state index contributed by atoms with van der Waals surface area (Å²) in [7, 11) is 1.59. The molecule has 4 nitrogen and oxygen atoms in total. The molecule has 1 aromatic carbocycles. The maximum atomic E-state index is 11.3. The van der Waals surface area contributed by atoms with E-state index in [1.54, 1.807) is 21.0 Å². The van der Waals surface area contributed by atoms with E-state index in [0.717, 1.165) is 27.8 Å². The lowest BCUT2D eigenvalue weighted by atomic mass is 9.85. The SMILES string of the molecule is COc1cc(CC(C)(C)C(=O)O)c(Br)c2c1OCC2. The van der Waals surface area contributed by atoms with E-state index in [4.69, 9.17) is 9.47 Å². The van der Waals surface area contributed by atoms with Crippen LogP contribution in [0.25, 0.3) is 0 Å². The molecule has 0 aromatic heterocycles. The third kappa shape index (κ3) is 2.56. The molecule has 0 radical (unpaired) electrons. The average molecular weight is 329 g/mol. The van der Waals surface area contributed by atoms with Crippen LogP contribution in [0, 0.1) is 5.41 Å². The minimum absolute atomic E-state index is 0.437. The van der Waals surface area contributed by atoms with E-state index in [0.29, 0.717) is 18.8 Å². The van der Waals surface area contributed by atoms with Crippen LogP contribution >= 0.6 is 15.9 Å². The van der Waals surface area contributed by atoms with Gasteiger partial charge in [0.15, 0.2) is 11.5 Å². The van der Waals surface area contributed by atoms with Gasteiger partial charge in [-0.15, -0.1) is 0 Å². The predicted octanol–water partition coefficient (Wildman–Crippen LogP) is 3.05. The molecule has 0 amide bonds. The first-order chi connectivity index (χ1) is 8.86. The molecule has 0 fully saturated rings. The Bertz CT molecular complexity index is 523. The molecule has 1 aliphatic heterocycles. The molecular formula is C14H17BrO4. The summed E-state index contributed by atoms with van der Waals surface area (Å²) in [6.45, 7) is 4.08. The Kier molecular flexibility index (Phi) is 3.76. The molecule has 0 unspecified atom stereocenters. The first-order valence-corrected chi connectivity index (χ1v) is 6.90. The number of hydrogen-bond donors (Lipinski definition) is 1.